The van der Waals surface area contributed by atoms with Gasteiger partial charge in [-0.3, -0.25) is 4.79 Å². The van der Waals surface area contributed by atoms with Crippen molar-refractivity contribution in [1.29, 1.82) is 0 Å². The van der Waals surface area contributed by atoms with Crippen molar-refractivity contribution in [3.05, 3.63) is 34.3 Å². The molecule has 1 aliphatic heterocycles. The first-order chi connectivity index (χ1) is 12.9. The Kier molecular flexibility index (Phi) is 3.95. The second-order valence-corrected chi connectivity index (χ2v) is 10.7. The molecule has 6 atom stereocenters. The van der Waals surface area contributed by atoms with Crippen LogP contribution < -0.4 is 0 Å². The fourth-order valence-electron chi connectivity index (χ4n) is 7.30. The molecule has 144 valence electrons. The van der Waals surface area contributed by atoms with Gasteiger partial charge in [0, 0.05) is 24.0 Å². The fraction of sp³-hybridized carbons (Fsp3) is 0.652. The Morgan fingerprint density at radius 3 is 2.89 bits per heavy atom. The quantitative estimate of drug-likeness (QED) is 0.672. The molecule has 2 heterocycles. The number of thiazole rings is 1. The minimum Gasteiger partial charge on any atom is -0.335 e. The van der Waals surface area contributed by atoms with Crippen LogP contribution in [0, 0.1) is 28.6 Å². The van der Waals surface area contributed by atoms with E-state index in [2.05, 4.69) is 31.0 Å². The summed E-state index contributed by atoms with van der Waals surface area (Å²) < 4.78 is 0. The first-order valence-electron chi connectivity index (χ1n) is 10.5. The smallest absolute Gasteiger partial charge is 0.246 e. The van der Waals surface area contributed by atoms with Crippen LogP contribution in [0.4, 0.5) is 0 Å². The third-order valence-corrected chi connectivity index (χ3v) is 9.23. The Morgan fingerprint density at radius 1 is 1.26 bits per heavy atom. The lowest BCUT2D eigenvalue weighted by Crippen LogP contribution is -2.60. The number of rotatable bonds is 1. The van der Waals surface area contributed by atoms with Crippen LogP contribution in [-0.2, 0) is 4.79 Å². The molecule has 3 fully saturated rings. The van der Waals surface area contributed by atoms with Crippen LogP contribution in [0.3, 0.4) is 0 Å². The molecule has 0 aromatic carbocycles. The number of hydrogen-bond donors (Lipinski definition) is 0. The van der Waals surface area contributed by atoms with Crippen molar-refractivity contribution < 1.29 is 4.79 Å². The van der Waals surface area contributed by atoms with Crippen LogP contribution in [0.1, 0.15) is 57.4 Å². The van der Waals surface area contributed by atoms with E-state index in [1.165, 1.54) is 37.7 Å². The van der Waals surface area contributed by atoms with Crippen LogP contribution in [0.15, 0.2) is 29.3 Å². The highest BCUT2D eigenvalue weighted by molar-refractivity contribution is 7.10. The van der Waals surface area contributed by atoms with Crippen molar-refractivity contribution in [3.63, 3.8) is 0 Å². The Hall–Kier alpha value is -1.42. The van der Waals surface area contributed by atoms with E-state index in [0.717, 1.165) is 23.3 Å². The van der Waals surface area contributed by atoms with Gasteiger partial charge in [-0.1, -0.05) is 26.3 Å². The topological polar surface area (TPSA) is 33.2 Å². The molecule has 1 amide bonds. The Labute approximate surface area is 166 Å². The number of hydrogen-bond acceptors (Lipinski definition) is 3. The average molecular weight is 383 g/mol. The zero-order chi connectivity index (χ0) is 18.8. The third kappa shape index (κ3) is 2.52. The number of carbonyl (C=O) groups is 1. The number of aromatic nitrogens is 1. The van der Waals surface area contributed by atoms with Gasteiger partial charge in [0.25, 0.3) is 0 Å². The molecule has 1 unspecified atom stereocenters. The molecule has 3 nitrogen and oxygen atoms in total. The van der Waals surface area contributed by atoms with E-state index >= 15 is 0 Å². The average Bonchev–Trinajstić information content (AvgIpc) is 3.27. The molecule has 4 aliphatic rings. The van der Waals surface area contributed by atoms with Gasteiger partial charge in [-0.15, -0.1) is 11.3 Å². The molecule has 3 aliphatic carbocycles. The van der Waals surface area contributed by atoms with E-state index in [1.807, 2.05) is 29.6 Å². The lowest BCUT2D eigenvalue weighted by molar-refractivity contribution is -0.133. The highest BCUT2D eigenvalue weighted by Gasteiger charge is 2.59. The molecule has 0 saturated heterocycles. The van der Waals surface area contributed by atoms with Gasteiger partial charge in [0.15, 0.2) is 0 Å². The van der Waals surface area contributed by atoms with E-state index in [1.54, 1.807) is 11.3 Å². The van der Waals surface area contributed by atoms with Gasteiger partial charge in [0.1, 0.15) is 5.01 Å². The fourth-order valence-corrected chi connectivity index (χ4v) is 7.90. The van der Waals surface area contributed by atoms with E-state index in [0.29, 0.717) is 11.3 Å². The third-order valence-electron chi connectivity index (χ3n) is 8.51. The predicted molar refractivity (Wildman–Crippen MR) is 110 cm³/mol. The molecule has 0 radical (unpaired) electrons. The second kappa shape index (κ2) is 6.04. The summed E-state index contributed by atoms with van der Waals surface area (Å²) in [6, 6.07) is 0.172. The van der Waals surface area contributed by atoms with Gasteiger partial charge in [0.2, 0.25) is 5.91 Å². The molecule has 1 aromatic rings. The van der Waals surface area contributed by atoms with Crippen molar-refractivity contribution in [2.24, 2.45) is 28.6 Å². The normalized spacial score (nSPS) is 44.9. The number of likely N-dealkylation sites (N-methyl/N-ethyl adjacent to an activating group) is 1. The van der Waals surface area contributed by atoms with Gasteiger partial charge >= 0.3 is 0 Å². The number of nitrogens with zero attached hydrogens (tertiary/aromatic N) is 2. The summed E-state index contributed by atoms with van der Waals surface area (Å²) in [5.41, 5.74) is 2.00. The SMILES string of the molecule is CN1C(=O)C=C[C@@]2(C)C1C(=Cc1nccs1)C[C@@H]1[C@H]2CC[C@]2(C)CCC[C@@H]12. The van der Waals surface area contributed by atoms with Gasteiger partial charge in [0.05, 0.1) is 6.04 Å². The lowest BCUT2D eigenvalue weighted by Gasteiger charge is -2.60. The van der Waals surface area contributed by atoms with Crippen LogP contribution in [0.25, 0.3) is 6.08 Å². The van der Waals surface area contributed by atoms with E-state index in [-0.39, 0.29) is 17.4 Å². The van der Waals surface area contributed by atoms with Crippen molar-refractivity contribution in [2.75, 3.05) is 7.05 Å². The maximum absolute atomic E-state index is 12.5. The lowest BCUT2D eigenvalue weighted by atomic mass is 9.47. The molecular formula is C23H30N2OS. The maximum Gasteiger partial charge on any atom is 0.246 e. The minimum absolute atomic E-state index is 0.0403. The van der Waals surface area contributed by atoms with Crippen molar-refractivity contribution in [2.45, 2.75) is 58.4 Å². The van der Waals surface area contributed by atoms with E-state index < -0.39 is 0 Å². The molecule has 1 aromatic heterocycles. The Morgan fingerprint density at radius 2 is 2.11 bits per heavy atom. The highest BCUT2D eigenvalue weighted by Crippen LogP contribution is 2.64. The number of fused-ring (bicyclic) bond motifs is 5. The summed E-state index contributed by atoms with van der Waals surface area (Å²) in [4.78, 5) is 19.0. The van der Waals surface area contributed by atoms with Crippen LogP contribution in [-0.4, -0.2) is 28.9 Å². The number of amides is 1. The first kappa shape index (κ1) is 17.7. The van der Waals surface area contributed by atoms with Gasteiger partial charge in [-0.05, 0) is 73.0 Å². The molecule has 4 heteroatoms. The van der Waals surface area contributed by atoms with Gasteiger partial charge < -0.3 is 4.90 Å². The minimum atomic E-state index is 0.0403. The highest BCUT2D eigenvalue weighted by atomic mass is 32.1. The van der Waals surface area contributed by atoms with E-state index in [4.69, 9.17) is 0 Å². The molecule has 0 bridgehead atoms. The first-order valence-corrected chi connectivity index (χ1v) is 11.4. The second-order valence-electron chi connectivity index (χ2n) is 9.81. The van der Waals surface area contributed by atoms with Gasteiger partial charge in [-0.2, -0.15) is 0 Å². The van der Waals surface area contributed by atoms with Crippen LogP contribution >= 0.6 is 11.3 Å². The predicted octanol–water partition coefficient (Wildman–Crippen LogP) is 5.17. The summed E-state index contributed by atoms with van der Waals surface area (Å²) in [7, 11) is 1.99. The maximum atomic E-state index is 12.5. The molecular weight excluding hydrogens is 352 g/mol. The monoisotopic (exact) mass is 382 g/mol. The van der Waals surface area contributed by atoms with E-state index in [9.17, 15) is 4.79 Å². The molecule has 3 saturated carbocycles. The Balaban J connectivity index is 1.62. The van der Waals surface area contributed by atoms with Gasteiger partial charge in [-0.25, -0.2) is 4.98 Å². The van der Waals surface area contributed by atoms with Crippen molar-refractivity contribution in [3.8, 4) is 0 Å². The molecule has 0 spiro atoms. The summed E-state index contributed by atoms with van der Waals surface area (Å²) in [5.74, 6) is 2.40. The summed E-state index contributed by atoms with van der Waals surface area (Å²) in [6.07, 6.45) is 16.3. The summed E-state index contributed by atoms with van der Waals surface area (Å²) in [5, 5.41) is 3.12. The standard InChI is InChI=1S/C23H30N2OS/c1-22-8-4-5-17(22)16-13-15(14-19-24-11-12-27-19)21-23(2,18(16)6-9-22)10-7-20(26)25(21)3/h7,10-12,14,16-18,21H,4-6,8-9,13H2,1-3H3/t16-,17-,18+,21?,22-,23+/m0/s1. The Bertz CT molecular complexity index is 812. The zero-order valence-electron chi connectivity index (χ0n) is 16.6. The molecule has 0 N–H and O–H groups in total. The summed E-state index contributed by atoms with van der Waals surface area (Å²) in [6.45, 7) is 4.97. The molecule has 5 rings (SSSR count). The van der Waals surface area contributed by atoms with Crippen LogP contribution in [0.5, 0.6) is 0 Å². The molecule has 27 heavy (non-hydrogen) atoms. The zero-order valence-corrected chi connectivity index (χ0v) is 17.5. The number of carbonyl (C=O) groups excluding carboxylic acids is 1. The summed E-state index contributed by atoms with van der Waals surface area (Å²) >= 11 is 1.70. The largest absolute Gasteiger partial charge is 0.335 e. The van der Waals surface area contributed by atoms with Crippen LogP contribution in [0.2, 0.25) is 0 Å². The van der Waals surface area contributed by atoms with Crippen molar-refractivity contribution in [1.82, 2.24) is 9.88 Å². The van der Waals surface area contributed by atoms with Crippen molar-refractivity contribution >= 4 is 23.3 Å².